The van der Waals surface area contributed by atoms with Crippen molar-refractivity contribution >= 4 is 29.3 Å². The number of carboxylic acid groups (broad SMARTS) is 1. The first-order chi connectivity index (χ1) is 27.7. The molecule has 2 amide bonds. The largest absolute Gasteiger partial charge is 0.480 e. The lowest BCUT2D eigenvalue weighted by atomic mass is 9.89. The van der Waals surface area contributed by atoms with Crippen molar-refractivity contribution in [3.8, 4) is 0 Å². The maximum Gasteiger partial charge on any atom is 0.329 e. The van der Waals surface area contributed by atoms with Gasteiger partial charge in [0.05, 0.1) is 118 Å². The van der Waals surface area contributed by atoms with Crippen LogP contribution in [0.4, 0.5) is 5.69 Å². The molecule has 0 fully saturated rings. The Kier molecular flexibility index (Phi) is 32.8. The zero-order valence-corrected chi connectivity index (χ0v) is 34.2. The van der Waals surface area contributed by atoms with E-state index >= 15 is 0 Å². The molecule has 0 bridgehead atoms. The maximum absolute atomic E-state index is 13.4. The summed E-state index contributed by atoms with van der Waals surface area (Å²) in [4.78, 5) is 49.5. The molecular weight excluding hydrogens is 748 g/mol. The van der Waals surface area contributed by atoms with E-state index in [0.717, 1.165) is 24.8 Å². The molecule has 0 heterocycles. The molecule has 0 unspecified atom stereocenters. The molecule has 1 aromatic rings. The van der Waals surface area contributed by atoms with E-state index < -0.39 is 23.8 Å². The van der Waals surface area contributed by atoms with E-state index in [0.29, 0.717) is 98.0 Å². The molecule has 1 rings (SSSR count). The number of hydrogen-bond acceptors (Lipinski definition) is 14. The number of unbranched alkanes of at least 4 members (excludes halogenated alkanes) is 2. The molecule has 0 saturated heterocycles. The molecule has 0 aliphatic rings. The van der Waals surface area contributed by atoms with Gasteiger partial charge in [0.1, 0.15) is 13.2 Å². The van der Waals surface area contributed by atoms with E-state index in [9.17, 15) is 24.3 Å². The summed E-state index contributed by atoms with van der Waals surface area (Å²) in [5.74, 6) is -2.58. The van der Waals surface area contributed by atoms with Gasteiger partial charge in [-0.25, -0.2) is 4.79 Å². The molecule has 1 aromatic carbocycles. The number of ketones is 1. The number of carboxylic acids is 1. The first kappa shape index (κ1) is 51.9. The second-order valence-corrected chi connectivity index (χ2v) is 13.3. The summed E-state index contributed by atoms with van der Waals surface area (Å²) in [6, 6.07) is 6.16. The highest BCUT2D eigenvalue weighted by molar-refractivity contribution is 5.97. The van der Waals surface area contributed by atoms with Crippen LogP contribution in [0, 0.1) is 11.8 Å². The van der Waals surface area contributed by atoms with Gasteiger partial charge in [0.2, 0.25) is 11.8 Å². The number of benzene rings is 1. The Balaban J connectivity index is 2.05. The molecule has 2 atom stereocenters. The molecule has 0 aromatic heterocycles. The predicted molar refractivity (Wildman–Crippen MR) is 210 cm³/mol. The highest BCUT2D eigenvalue weighted by Gasteiger charge is 2.29. The second kappa shape index (κ2) is 36.0. The van der Waals surface area contributed by atoms with Gasteiger partial charge in [-0.2, -0.15) is 0 Å². The molecular formula is C40H68N2O15. The third-order valence-electron chi connectivity index (χ3n) is 8.14. The number of amides is 2. The number of ether oxygens (including phenoxy) is 9. The number of rotatable bonds is 40. The van der Waals surface area contributed by atoms with Gasteiger partial charge < -0.3 is 63.5 Å². The van der Waals surface area contributed by atoms with Crippen LogP contribution in [0.2, 0.25) is 0 Å². The van der Waals surface area contributed by atoms with Crippen LogP contribution < -0.4 is 10.6 Å². The molecule has 0 saturated carbocycles. The van der Waals surface area contributed by atoms with Gasteiger partial charge in [-0.15, -0.1) is 0 Å². The van der Waals surface area contributed by atoms with Crippen LogP contribution in [-0.2, 0) is 68.4 Å². The summed E-state index contributed by atoms with van der Waals surface area (Å²) in [6.07, 6.45) is 3.32. The minimum Gasteiger partial charge on any atom is -0.480 e. The van der Waals surface area contributed by atoms with E-state index in [-0.39, 0.29) is 63.7 Å². The number of hydrogen-bond donors (Lipinski definition) is 4. The number of aliphatic hydroxyl groups is 1. The molecule has 57 heavy (non-hydrogen) atoms. The molecule has 0 spiro atoms. The fourth-order valence-corrected chi connectivity index (χ4v) is 5.09. The van der Waals surface area contributed by atoms with Crippen LogP contribution in [0.3, 0.4) is 0 Å². The highest BCUT2D eigenvalue weighted by atomic mass is 16.6. The fraction of sp³-hybridized carbons (Fsp3) is 0.750. The summed E-state index contributed by atoms with van der Waals surface area (Å²) >= 11 is 0. The Morgan fingerprint density at radius 1 is 0.614 bits per heavy atom. The number of anilines is 1. The normalized spacial score (nSPS) is 12.4. The van der Waals surface area contributed by atoms with Crippen LogP contribution in [0.5, 0.6) is 0 Å². The van der Waals surface area contributed by atoms with E-state index in [1.54, 1.807) is 24.3 Å². The van der Waals surface area contributed by atoms with Crippen molar-refractivity contribution in [3.63, 3.8) is 0 Å². The van der Waals surface area contributed by atoms with Crippen LogP contribution in [0.1, 0.15) is 58.4 Å². The average Bonchev–Trinajstić information content (AvgIpc) is 3.19. The van der Waals surface area contributed by atoms with Gasteiger partial charge in [-0.1, -0.05) is 52.2 Å². The van der Waals surface area contributed by atoms with Crippen molar-refractivity contribution in [2.24, 2.45) is 11.8 Å². The molecule has 0 radical (unpaired) electrons. The number of carbonyl (C=O) groups is 4. The zero-order valence-electron chi connectivity index (χ0n) is 34.2. The Labute approximate surface area is 337 Å². The minimum absolute atomic E-state index is 0.0117. The van der Waals surface area contributed by atoms with Crippen molar-refractivity contribution in [1.82, 2.24) is 5.32 Å². The average molecular weight is 817 g/mol. The lowest BCUT2D eigenvalue weighted by molar-refractivity contribution is -0.142. The van der Waals surface area contributed by atoms with E-state index in [1.165, 1.54) is 0 Å². The van der Waals surface area contributed by atoms with Crippen LogP contribution in [-0.4, -0.2) is 159 Å². The predicted octanol–water partition coefficient (Wildman–Crippen LogP) is 2.65. The van der Waals surface area contributed by atoms with Crippen LogP contribution in [0.25, 0.3) is 0 Å². The van der Waals surface area contributed by atoms with Crippen molar-refractivity contribution in [2.45, 2.75) is 65.5 Å². The summed E-state index contributed by atoms with van der Waals surface area (Å²) in [5, 5.41) is 23.4. The smallest absolute Gasteiger partial charge is 0.329 e. The lowest BCUT2D eigenvalue weighted by Crippen LogP contribution is -2.46. The number of aliphatic carboxylic acids is 1. The maximum atomic E-state index is 13.4. The number of carbonyl (C=O) groups excluding carboxylic acids is 3. The SMILES string of the molecule is CCCCC[C@H](CC(=O)[C@@H](NC(=O)COCCOCCOCCOCCOCCOCCOCCOCCOCC(=O)O)C(C)C)C(=O)Nc1ccc(CO)cc1. The van der Waals surface area contributed by atoms with Crippen molar-refractivity contribution in [3.05, 3.63) is 29.8 Å². The molecule has 0 aliphatic heterocycles. The minimum atomic E-state index is -1.01. The van der Waals surface area contributed by atoms with Gasteiger partial charge >= 0.3 is 5.97 Å². The van der Waals surface area contributed by atoms with Gasteiger partial charge in [0.25, 0.3) is 0 Å². The Hall–Kier alpha value is -3.10. The third kappa shape index (κ3) is 29.7. The second-order valence-electron chi connectivity index (χ2n) is 13.3. The highest BCUT2D eigenvalue weighted by Crippen LogP contribution is 2.20. The molecule has 17 nitrogen and oxygen atoms in total. The lowest BCUT2D eigenvalue weighted by Gasteiger charge is -2.24. The van der Waals surface area contributed by atoms with E-state index in [4.69, 9.17) is 47.7 Å². The topological polar surface area (TPSA) is 216 Å². The fourth-order valence-electron chi connectivity index (χ4n) is 5.09. The standard InChI is InChI=1S/C40H68N2O15/c1-4-5-6-7-34(40(48)41-35-10-8-33(29-43)9-11-35)28-36(44)39(32(2)3)42-37(45)30-56-26-24-54-22-20-52-18-16-50-14-12-49-13-15-51-17-19-53-21-23-55-25-27-57-31-38(46)47/h8-11,32,34,39,43H,4-7,12-31H2,1-3H3,(H,41,48)(H,42,45)(H,46,47)/t34-,39+/m1/s1. The van der Waals surface area contributed by atoms with Crippen molar-refractivity contribution in [2.75, 3.05) is 124 Å². The van der Waals surface area contributed by atoms with Crippen molar-refractivity contribution < 1.29 is 72.0 Å². The molecule has 328 valence electrons. The summed E-state index contributed by atoms with van der Waals surface area (Å²) in [7, 11) is 0. The number of nitrogens with one attached hydrogen (secondary N) is 2. The van der Waals surface area contributed by atoms with Gasteiger partial charge in [0, 0.05) is 18.0 Å². The van der Waals surface area contributed by atoms with Gasteiger partial charge in [-0.05, 0) is 30.0 Å². The van der Waals surface area contributed by atoms with E-state index in [2.05, 4.69) is 17.6 Å². The summed E-state index contributed by atoms with van der Waals surface area (Å²) in [6.45, 7) is 11.1. The van der Waals surface area contributed by atoms with Crippen LogP contribution >= 0.6 is 0 Å². The Morgan fingerprint density at radius 2 is 1.04 bits per heavy atom. The summed E-state index contributed by atoms with van der Waals surface area (Å²) in [5.41, 5.74) is 1.33. The van der Waals surface area contributed by atoms with Gasteiger partial charge in [-0.3, -0.25) is 14.4 Å². The Bertz CT molecular complexity index is 1170. The third-order valence-corrected chi connectivity index (χ3v) is 8.14. The van der Waals surface area contributed by atoms with Gasteiger partial charge in [0.15, 0.2) is 5.78 Å². The first-order valence-corrected chi connectivity index (χ1v) is 19.9. The molecule has 17 heteroatoms. The molecule has 0 aliphatic carbocycles. The zero-order chi connectivity index (χ0) is 41.8. The van der Waals surface area contributed by atoms with E-state index in [1.807, 2.05) is 13.8 Å². The summed E-state index contributed by atoms with van der Waals surface area (Å²) < 4.78 is 48.2. The number of Topliss-reactive ketones (excluding diaryl/α,β-unsaturated/α-hetero) is 1. The Morgan fingerprint density at radius 3 is 1.42 bits per heavy atom. The quantitative estimate of drug-likeness (QED) is 0.0701. The van der Waals surface area contributed by atoms with Crippen molar-refractivity contribution in [1.29, 1.82) is 0 Å². The van der Waals surface area contributed by atoms with Crippen LogP contribution in [0.15, 0.2) is 24.3 Å². The number of aliphatic hydroxyl groups excluding tert-OH is 1. The monoisotopic (exact) mass is 816 g/mol. The molecule has 4 N–H and O–H groups in total. The first-order valence-electron chi connectivity index (χ1n) is 19.9.